The van der Waals surface area contributed by atoms with E-state index in [2.05, 4.69) is 10.0 Å². The lowest BCUT2D eigenvalue weighted by atomic mass is 9.97. The van der Waals surface area contributed by atoms with Crippen LogP contribution in [0.1, 0.15) is 36.3 Å². The summed E-state index contributed by atoms with van der Waals surface area (Å²) < 4.78 is 39.1. The molecule has 2 atom stereocenters. The van der Waals surface area contributed by atoms with Crippen molar-refractivity contribution in [2.75, 3.05) is 5.32 Å². The third-order valence-electron chi connectivity index (χ3n) is 4.78. The van der Waals surface area contributed by atoms with Gasteiger partial charge in [0.15, 0.2) is 0 Å². The zero-order valence-corrected chi connectivity index (χ0v) is 16.9. The predicted octanol–water partition coefficient (Wildman–Crippen LogP) is 3.95. The van der Waals surface area contributed by atoms with Crippen molar-refractivity contribution in [3.63, 3.8) is 0 Å². The van der Waals surface area contributed by atoms with E-state index in [4.69, 9.17) is 16.4 Å². The van der Waals surface area contributed by atoms with Crippen LogP contribution in [0, 0.1) is 16.5 Å². The molecule has 0 aliphatic carbocycles. The molecule has 1 aromatic carbocycles. The summed E-state index contributed by atoms with van der Waals surface area (Å²) >= 11 is 5.77. The quantitative estimate of drug-likeness (QED) is 0.712. The first-order valence-corrected chi connectivity index (χ1v) is 10.5. The number of hydrogen-bond acceptors (Lipinski definition) is 3. The number of rotatable bonds is 3. The van der Waals surface area contributed by atoms with E-state index in [1.807, 2.05) is 13.8 Å². The highest BCUT2D eigenvalue weighted by molar-refractivity contribution is 7.90. The van der Waals surface area contributed by atoms with Gasteiger partial charge in [-0.1, -0.05) is 25.4 Å². The van der Waals surface area contributed by atoms with Crippen LogP contribution in [0.2, 0.25) is 5.02 Å². The number of hydrogen-bond donors (Lipinski definition) is 3. The molecule has 9 heteroatoms. The Labute approximate surface area is 163 Å². The summed E-state index contributed by atoms with van der Waals surface area (Å²) in [5, 5.41) is 2.61. The second-order valence-corrected chi connectivity index (χ2v) is 9.27. The van der Waals surface area contributed by atoms with Gasteiger partial charge in [0.2, 0.25) is 0 Å². The van der Waals surface area contributed by atoms with E-state index in [0.717, 1.165) is 0 Å². The van der Waals surface area contributed by atoms with Crippen LogP contribution >= 0.6 is 11.6 Å². The van der Waals surface area contributed by atoms with Crippen LogP contribution in [-0.4, -0.2) is 20.7 Å². The van der Waals surface area contributed by atoms with Crippen molar-refractivity contribution in [1.29, 1.82) is 4.78 Å². The summed E-state index contributed by atoms with van der Waals surface area (Å²) in [5.74, 6) is -0.769. The molecule has 27 heavy (non-hydrogen) atoms. The highest BCUT2D eigenvalue weighted by Gasteiger charge is 2.31. The number of halogens is 2. The van der Waals surface area contributed by atoms with Gasteiger partial charge in [0.05, 0.1) is 9.92 Å². The minimum Gasteiger partial charge on any atom is -0.345 e. The number of fused-ring (bicyclic) bond motifs is 1. The fourth-order valence-corrected chi connectivity index (χ4v) is 5.28. The third kappa shape index (κ3) is 3.88. The minimum atomic E-state index is -3.21. The molecule has 3 rings (SSSR count). The number of aromatic nitrogens is 1. The number of amides is 1. The van der Waals surface area contributed by atoms with Crippen LogP contribution in [0.5, 0.6) is 0 Å². The second-order valence-electron chi connectivity index (χ2n) is 7.08. The summed E-state index contributed by atoms with van der Waals surface area (Å²) in [6, 6.07) is 3.86. The molecule has 146 valence electrons. The van der Waals surface area contributed by atoms with E-state index >= 15 is 0 Å². The molecule has 0 saturated heterocycles. The van der Waals surface area contributed by atoms with Gasteiger partial charge in [-0.25, -0.2) is 18.1 Å². The van der Waals surface area contributed by atoms with Gasteiger partial charge in [-0.2, -0.15) is 0 Å². The molecule has 0 bridgehead atoms. The number of benzene rings is 1. The normalized spacial score (nSPS) is 22.4. The lowest BCUT2D eigenvalue weighted by molar-refractivity contribution is 0.101. The Morgan fingerprint density at radius 1 is 1.48 bits per heavy atom. The lowest BCUT2D eigenvalue weighted by Gasteiger charge is -2.20. The number of carbonyl (C=O) groups excluding carboxylic acids is 1. The number of anilines is 1. The molecule has 0 radical (unpaired) electrons. The molecule has 2 heterocycles. The summed E-state index contributed by atoms with van der Waals surface area (Å²) in [4.78, 5) is 13.2. The lowest BCUT2D eigenvalue weighted by Crippen LogP contribution is -2.36. The average molecular weight is 413 g/mol. The SMILES string of the molecule is CC(C)C1CCc2c(cn(C)c2C(=O)Nc2ccc(F)c(Cl)c2)S(=N)(=O)N1. The number of nitrogens with one attached hydrogen (secondary N) is 3. The van der Waals surface area contributed by atoms with E-state index in [-0.39, 0.29) is 17.0 Å². The maximum absolute atomic E-state index is 13.3. The number of carbonyl (C=O) groups is 1. The molecule has 1 aromatic heterocycles. The van der Waals surface area contributed by atoms with Crippen molar-refractivity contribution in [2.24, 2.45) is 13.0 Å². The minimum absolute atomic E-state index is 0.0699. The number of nitrogens with zero attached hydrogens (tertiary/aromatic N) is 1. The van der Waals surface area contributed by atoms with E-state index in [1.165, 1.54) is 18.2 Å². The number of aryl methyl sites for hydroxylation is 1. The van der Waals surface area contributed by atoms with Gasteiger partial charge in [0, 0.05) is 30.5 Å². The standard InChI is InChI=1S/C18H22ClFN4O2S/c1-10(2)15-7-5-12-16(27(21,26)23-15)9-24(3)17(12)18(25)22-11-4-6-14(20)13(19)8-11/h4,6,8-10,15H,5,7H2,1-3H3,(H,22,25)(H2,21,23,26). The van der Waals surface area contributed by atoms with E-state index in [0.29, 0.717) is 34.7 Å². The fraction of sp³-hybridized carbons (Fsp3) is 0.389. The van der Waals surface area contributed by atoms with Crippen molar-refractivity contribution >= 4 is 33.1 Å². The van der Waals surface area contributed by atoms with Gasteiger partial charge in [-0.3, -0.25) is 4.79 Å². The molecule has 0 saturated carbocycles. The Morgan fingerprint density at radius 2 is 2.19 bits per heavy atom. The van der Waals surface area contributed by atoms with E-state index in [9.17, 15) is 13.4 Å². The van der Waals surface area contributed by atoms with E-state index in [1.54, 1.807) is 17.8 Å². The van der Waals surface area contributed by atoms with Crippen LogP contribution in [0.4, 0.5) is 10.1 Å². The Balaban J connectivity index is 1.97. The Kier molecular flexibility index (Phi) is 5.33. The smallest absolute Gasteiger partial charge is 0.272 e. The third-order valence-corrected chi connectivity index (χ3v) is 6.67. The molecule has 1 aliphatic rings. The zero-order valence-electron chi connectivity index (χ0n) is 15.3. The molecule has 1 amide bonds. The van der Waals surface area contributed by atoms with Crippen LogP contribution in [-0.2, 0) is 23.4 Å². The van der Waals surface area contributed by atoms with Gasteiger partial charge in [0.25, 0.3) is 5.91 Å². The maximum Gasteiger partial charge on any atom is 0.272 e. The van der Waals surface area contributed by atoms with Crippen LogP contribution in [0.25, 0.3) is 0 Å². The van der Waals surface area contributed by atoms with Crippen molar-refractivity contribution < 1.29 is 13.4 Å². The molecule has 3 N–H and O–H groups in total. The summed E-state index contributed by atoms with van der Waals surface area (Å²) in [6.45, 7) is 4.02. The molecule has 0 fully saturated rings. The Morgan fingerprint density at radius 3 is 2.81 bits per heavy atom. The van der Waals surface area contributed by atoms with E-state index < -0.39 is 21.6 Å². The first-order valence-electron chi connectivity index (χ1n) is 8.61. The topological polar surface area (TPSA) is 87.0 Å². The zero-order chi connectivity index (χ0) is 19.9. The molecular formula is C18H22ClFN4O2S. The summed E-state index contributed by atoms with van der Waals surface area (Å²) in [5.41, 5.74) is 1.32. The first kappa shape index (κ1) is 19.9. The van der Waals surface area contributed by atoms with Crippen molar-refractivity contribution in [2.45, 2.75) is 37.6 Å². The van der Waals surface area contributed by atoms with Crippen LogP contribution < -0.4 is 10.0 Å². The summed E-state index contributed by atoms with van der Waals surface area (Å²) in [6.07, 6.45) is 2.79. The predicted molar refractivity (Wildman–Crippen MR) is 104 cm³/mol. The van der Waals surface area contributed by atoms with Crippen LogP contribution in [0.15, 0.2) is 29.3 Å². The van der Waals surface area contributed by atoms with Crippen LogP contribution in [0.3, 0.4) is 0 Å². The average Bonchev–Trinajstić information content (AvgIpc) is 2.85. The maximum atomic E-state index is 13.3. The highest BCUT2D eigenvalue weighted by Crippen LogP contribution is 2.30. The molecule has 2 unspecified atom stereocenters. The Bertz CT molecular complexity index is 1000. The highest BCUT2D eigenvalue weighted by atomic mass is 35.5. The second kappa shape index (κ2) is 7.26. The summed E-state index contributed by atoms with van der Waals surface area (Å²) in [7, 11) is -1.54. The molecule has 1 aliphatic heterocycles. The fourth-order valence-electron chi connectivity index (χ4n) is 3.30. The first-order chi connectivity index (χ1) is 12.6. The monoisotopic (exact) mass is 412 g/mol. The Hall–Kier alpha value is -1.90. The van der Waals surface area contributed by atoms with Crippen molar-refractivity contribution in [3.05, 3.63) is 46.5 Å². The van der Waals surface area contributed by atoms with Gasteiger partial charge >= 0.3 is 0 Å². The van der Waals surface area contributed by atoms with Gasteiger partial charge in [-0.05, 0) is 37.0 Å². The van der Waals surface area contributed by atoms with Crippen molar-refractivity contribution in [3.8, 4) is 0 Å². The molecular weight excluding hydrogens is 391 g/mol. The van der Waals surface area contributed by atoms with Gasteiger partial charge in [0.1, 0.15) is 21.4 Å². The van der Waals surface area contributed by atoms with Gasteiger partial charge in [-0.15, -0.1) is 0 Å². The molecule has 0 spiro atoms. The molecule has 6 nitrogen and oxygen atoms in total. The van der Waals surface area contributed by atoms with Crippen molar-refractivity contribution in [1.82, 2.24) is 9.29 Å². The largest absolute Gasteiger partial charge is 0.345 e. The van der Waals surface area contributed by atoms with Gasteiger partial charge < -0.3 is 9.88 Å². The molecule has 2 aromatic rings.